The molecule has 0 amide bonds. The Morgan fingerprint density at radius 3 is 2.45 bits per heavy atom. The first-order valence-corrected chi connectivity index (χ1v) is 10.8. The number of carbonyl (C=O) groups is 1. The summed E-state index contributed by atoms with van der Waals surface area (Å²) in [5.41, 5.74) is 2.15. The molecular formula is C25H24N4O4. The minimum Gasteiger partial charge on any atom is -0.478 e. The van der Waals surface area contributed by atoms with E-state index in [1.807, 2.05) is 37.3 Å². The van der Waals surface area contributed by atoms with Crippen molar-refractivity contribution in [1.82, 2.24) is 19.1 Å². The lowest BCUT2D eigenvalue weighted by atomic mass is 10.1. The minimum atomic E-state index is -1.02. The number of nitrogens with zero attached hydrogens (tertiary/aromatic N) is 3. The van der Waals surface area contributed by atoms with E-state index in [0.29, 0.717) is 18.0 Å². The van der Waals surface area contributed by atoms with E-state index >= 15 is 0 Å². The third-order valence-electron chi connectivity index (χ3n) is 5.38. The monoisotopic (exact) mass is 444 g/mol. The van der Waals surface area contributed by atoms with Gasteiger partial charge in [0.25, 0.3) is 5.56 Å². The number of aliphatic carboxylic acids is 1. The fourth-order valence-electron chi connectivity index (χ4n) is 3.65. The number of H-pyrrole nitrogens is 1. The van der Waals surface area contributed by atoms with Gasteiger partial charge in [-0.15, -0.1) is 0 Å². The van der Waals surface area contributed by atoms with Gasteiger partial charge < -0.3 is 10.1 Å². The Bertz CT molecular complexity index is 1430. The number of nitrogens with one attached hydrogen (secondary N) is 1. The Morgan fingerprint density at radius 1 is 1.06 bits per heavy atom. The van der Waals surface area contributed by atoms with Crippen molar-refractivity contribution >= 4 is 23.2 Å². The molecule has 0 radical (unpaired) electrons. The molecule has 2 heterocycles. The van der Waals surface area contributed by atoms with Crippen LogP contribution in [-0.4, -0.2) is 30.2 Å². The van der Waals surface area contributed by atoms with Crippen molar-refractivity contribution in [1.29, 1.82) is 0 Å². The van der Waals surface area contributed by atoms with Crippen molar-refractivity contribution in [2.24, 2.45) is 0 Å². The fraction of sp³-hybridized carbons (Fsp3) is 0.200. The predicted molar refractivity (Wildman–Crippen MR) is 127 cm³/mol. The van der Waals surface area contributed by atoms with Crippen molar-refractivity contribution < 1.29 is 9.90 Å². The van der Waals surface area contributed by atoms with Gasteiger partial charge in [0.05, 0.1) is 6.54 Å². The summed E-state index contributed by atoms with van der Waals surface area (Å²) in [6, 6.07) is 16.5. The van der Waals surface area contributed by atoms with Crippen LogP contribution < -0.4 is 11.2 Å². The third kappa shape index (κ3) is 4.69. The number of hydrogen-bond acceptors (Lipinski definition) is 4. The maximum Gasteiger partial charge on any atom is 0.333 e. The van der Waals surface area contributed by atoms with Crippen LogP contribution in [0.25, 0.3) is 28.6 Å². The molecule has 4 rings (SSSR count). The Kier molecular flexibility index (Phi) is 6.35. The molecule has 2 aromatic carbocycles. The molecule has 0 spiro atoms. The maximum absolute atomic E-state index is 13.2. The van der Waals surface area contributed by atoms with Gasteiger partial charge in [-0.25, -0.2) is 14.6 Å². The van der Waals surface area contributed by atoms with Gasteiger partial charge in [-0.2, -0.15) is 0 Å². The lowest BCUT2D eigenvalue weighted by Gasteiger charge is -2.11. The quantitative estimate of drug-likeness (QED) is 0.404. The van der Waals surface area contributed by atoms with Gasteiger partial charge in [0.1, 0.15) is 11.3 Å². The summed E-state index contributed by atoms with van der Waals surface area (Å²) < 4.78 is 2.81. The van der Waals surface area contributed by atoms with Crippen LogP contribution in [-0.2, 0) is 17.9 Å². The molecule has 0 unspecified atom stereocenters. The van der Waals surface area contributed by atoms with Crippen LogP contribution in [0.3, 0.4) is 0 Å². The van der Waals surface area contributed by atoms with Gasteiger partial charge >= 0.3 is 11.7 Å². The SMILES string of the molecule is CCCCn1c(=O)n(Cc2ccccc2)c(=O)c2[nH]c(-c3ccc(/C=C/C(=O)O)cc3)nc21. The first kappa shape index (κ1) is 22.0. The topological polar surface area (TPSA) is 110 Å². The number of rotatable bonds is 8. The minimum absolute atomic E-state index is 0.180. The van der Waals surface area contributed by atoms with Gasteiger partial charge in [0.15, 0.2) is 5.65 Å². The van der Waals surface area contributed by atoms with Gasteiger partial charge in [0.2, 0.25) is 0 Å². The van der Waals surface area contributed by atoms with Crippen molar-refractivity contribution in [3.05, 3.63) is 92.6 Å². The van der Waals surface area contributed by atoms with Crippen LogP contribution >= 0.6 is 0 Å². The Balaban J connectivity index is 1.81. The van der Waals surface area contributed by atoms with E-state index in [4.69, 9.17) is 5.11 Å². The molecule has 0 atom stereocenters. The highest BCUT2D eigenvalue weighted by atomic mass is 16.4. The number of aromatic nitrogens is 4. The van der Waals surface area contributed by atoms with E-state index in [0.717, 1.165) is 35.6 Å². The summed E-state index contributed by atoms with van der Waals surface area (Å²) in [6.07, 6.45) is 4.24. The van der Waals surface area contributed by atoms with Gasteiger partial charge in [-0.1, -0.05) is 67.9 Å². The summed E-state index contributed by atoms with van der Waals surface area (Å²) in [4.78, 5) is 44.9. The summed E-state index contributed by atoms with van der Waals surface area (Å²) in [7, 11) is 0. The molecule has 2 aromatic heterocycles. The highest BCUT2D eigenvalue weighted by Gasteiger charge is 2.18. The molecule has 0 aliphatic heterocycles. The molecule has 168 valence electrons. The second-order valence-corrected chi connectivity index (χ2v) is 7.74. The van der Waals surface area contributed by atoms with E-state index in [1.165, 1.54) is 10.6 Å². The zero-order valence-electron chi connectivity index (χ0n) is 18.2. The second kappa shape index (κ2) is 9.52. The molecule has 33 heavy (non-hydrogen) atoms. The van der Waals surface area contributed by atoms with Crippen LogP contribution in [0, 0.1) is 0 Å². The Labute approximate surface area is 189 Å². The lowest BCUT2D eigenvalue weighted by Crippen LogP contribution is -2.40. The van der Waals surface area contributed by atoms with Gasteiger partial charge in [0, 0.05) is 18.2 Å². The van der Waals surface area contributed by atoms with E-state index in [-0.39, 0.29) is 17.8 Å². The van der Waals surface area contributed by atoms with Crippen LogP contribution in [0.15, 0.2) is 70.3 Å². The maximum atomic E-state index is 13.2. The van der Waals surface area contributed by atoms with Crippen LogP contribution in [0.5, 0.6) is 0 Å². The van der Waals surface area contributed by atoms with Crippen molar-refractivity contribution in [2.45, 2.75) is 32.9 Å². The number of benzene rings is 2. The van der Waals surface area contributed by atoms with Crippen LogP contribution in [0.4, 0.5) is 0 Å². The average molecular weight is 444 g/mol. The number of hydrogen-bond donors (Lipinski definition) is 2. The van der Waals surface area contributed by atoms with E-state index in [1.54, 1.807) is 28.8 Å². The summed E-state index contributed by atoms with van der Waals surface area (Å²) in [5, 5.41) is 8.78. The molecule has 2 N–H and O–H groups in total. The lowest BCUT2D eigenvalue weighted by molar-refractivity contribution is -0.131. The van der Waals surface area contributed by atoms with E-state index in [9.17, 15) is 14.4 Å². The molecule has 8 nitrogen and oxygen atoms in total. The number of aryl methyl sites for hydroxylation is 1. The predicted octanol–water partition coefficient (Wildman–Crippen LogP) is 3.50. The summed E-state index contributed by atoms with van der Waals surface area (Å²) in [5.74, 6) is -0.550. The molecule has 0 saturated carbocycles. The smallest absolute Gasteiger partial charge is 0.333 e. The number of imidazole rings is 1. The number of unbranched alkanes of at least 4 members (excludes halogenated alkanes) is 1. The zero-order chi connectivity index (χ0) is 23.4. The van der Waals surface area contributed by atoms with Crippen molar-refractivity contribution in [3.8, 4) is 11.4 Å². The van der Waals surface area contributed by atoms with Gasteiger partial charge in [-0.05, 0) is 23.6 Å². The van der Waals surface area contributed by atoms with Crippen LogP contribution in [0.2, 0.25) is 0 Å². The molecule has 0 aliphatic rings. The first-order chi connectivity index (χ1) is 16.0. The molecule has 0 aliphatic carbocycles. The second-order valence-electron chi connectivity index (χ2n) is 7.74. The number of carboxylic acid groups (broad SMARTS) is 1. The van der Waals surface area contributed by atoms with Gasteiger partial charge in [-0.3, -0.25) is 13.9 Å². The number of fused-ring (bicyclic) bond motifs is 1. The molecule has 8 heteroatoms. The standard InChI is InChI=1S/C25H24N4O4/c1-2-3-15-28-23-21(24(32)29(25(28)33)16-18-7-5-4-6-8-18)26-22(27-23)19-12-9-17(10-13-19)11-14-20(30)31/h4-14H,2-3,15-16H2,1H3,(H,26,27)(H,30,31)/b14-11+. The highest BCUT2D eigenvalue weighted by molar-refractivity contribution is 5.85. The molecule has 4 aromatic rings. The first-order valence-electron chi connectivity index (χ1n) is 10.8. The third-order valence-corrected chi connectivity index (χ3v) is 5.38. The van der Waals surface area contributed by atoms with Crippen molar-refractivity contribution in [2.75, 3.05) is 0 Å². The molecular weight excluding hydrogens is 420 g/mol. The van der Waals surface area contributed by atoms with Crippen LogP contribution in [0.1, 0.15) is 30.9 Å². The van der Waals surface area contributed by atoms with Crippen molar-refractivity contribution in [3.63, 3.8) is 0 Å². The molecule has 0 saturated heterocycles. The zero-order valence-corrected chi connectivity index (χ0v) is 18.2. The number of carboxylic acids is 1. The Hall–Kier alpha value is -4.20. The summed E-state index contributed by atoms with van der Waals surface area (Å²) in [6.45, 7) is 2.68. The summed E-state index contributed by atoms with van der Waals surface area (Å²) >= 11 is 0. The fourth-order valence-corrected chi connectivity index (χ4v) is 3.65. The molecule has 0 bridgehead atoms. The highest BCUT2D eigenvalue weighted by Crippen LogP contribution is 2.20. The number of aromatic amines is 1. The normalized spacial score (nSPS) is 11.4. The average Bonchev–Trinajstić information content (AvgIpc) is 3.27. The Morgan fingerprint density at radius 2 is 1.79 bits per heavy atom. The van der Waals surface area contributed by atoms with E-state index in [2.05, 4.69) is 9.97 Å². The van der Waals surface area contributed by atoms with E-state index < -0.39 is 11.5 Å². The largest absolute Gasteiger partial charge is 0.478 e. The molecule has 0 fully saturated rings.